The highest BCUT2D eigenvalue weighted by molar-refractivity contribution is 6.99. The second-order valence-electron chi connectivity index (χ2n) is 4.85. The smallest absolute Gasteiger partial charge is 0.387 e. The Morgan fingerprint density at radius 2 is 2.17 bits per heavy atom. The Kier molecular flexibility index (Phi) is 4.77. The molecule has 0 bridgehead atoms. The molecule has 6 nitrogen and oxygen atoms in total. The van der Waals surface area contributed by atoms with Crippen molar-refractivity contribution < 1.29 is 23.0 Å². The van der Waals surface area contributed by atoms with E-state index >= 15 is 0 Å². The molecule has 0 aliphatic carbocycles. The van der Waals surface area contributed by atoms with Crippen LogP contribution >= 0.6 is 11.7 Å². The van der Waals surface area contributed by atoms with Gasteiger partial charge >= 0.3 is 6.61 Å². The molecule has 0 radical (unpaired) electrons. The Hall–Kier alpha value is -2.13. The molecule has 122 valence electrons. The van der Waals surface area contributed by atoms with Crippen molar-refractivity contribution in [2.24, 2.45) is 0 Å². The maximum absolute atomic E-state index is 12.3. The van der Waals surface area contributed by atoms with Gasteiger partial charge < -0.3 is 14.4 Å². The summed E-state index contributed by atoms with van der Waals surface area (Å²) in [6, 6.07) is 6.22. The number of hydrogen-bond donors (Lipinski definition) is 0. The van der Waals surface area contributed by atoms with Crippen molar-refractivity contribution in [1.82, 2.24) is 13.6 Å². The third-order valence-corrected chi connectivity index (χ3v) is 3.89. The van der Waals surface area contributed by atoms with Crippen LogP contribution < -0.4 is 4.74 Å². The van der Waals surface area contributed by atoms with Crippen LogP contribution in [0, 0.1) is 0 Å². The Balaban J connectivity index is 1.67. The van der Waals surface area contributed by atoms with Crippen molar-refractivity contribution in [2.45, 2.75) is 12.7 Å². The normalized spacial score (nSPS) is 18.2. The number of hydrogen-bond acceptors (Lipinski definition) is 6. The molecule has 1 aromatic carbocycles. The molecule has 1 saturated heterocycles. The SMILES string of the molecule is O=C(c1cnsn1)N1CCO[C@@H](c2ccc(OC(F)F)cc2)C1. The maximum Gasteiger partial charge on any atom is 0.387 e. The summed E-state index contributed by atoms with van der Waals surface area (Å²) in [5, 5.41) is 0. The summed E-state index contributed by atoms with van der Waals surface area (Å²) >= 11 is 0.982. The number of ether oxygens (including phenoxy) is 2. The van der Waals surface area contributed by atoms with Crippen molar-refractivity contribution in [1.29, 1.82) is 0 Å². The third kappa shape index (κ3) is 3.80. The molecule has 1 aliphatic rings. The highest BCUT2D eigenvalue weighted by Gasteiger charge is 2.27. The topological polar surface area (TPSA) is 64.6 Å². The van der Waals surface area contributed by atoms with Crippen molar-refractivity contribution in [2.75, 3.05) is 19.7 Å². The van der Waals surface area contributed by atoms with Crippen molar-refractivity contribution in [3.05, 3.63) is 41.7 Å². The number of benzene rings is 1. The summed E-state index contributed by atoms with van der Waals surface area (Å²) in [5.74, 6) is -0.106. The highest BCUT2D eigenvalue weighted by Crippen LogP contribution is 2.25. The lowest BCUT2D eigenvalue weighted by atomic mass is 10.1. The molecule has 1 aromatic heterocycles. The first-order valence-corrected chi connectivity index (χ1v) is 7.60. The van der Waals surface area contributed by atoms with Gasteiger partial charge in [0.05, 0.1) is 31.1 Å². The molecule has 3 rings (SSSR count). The van der Waals surface area contributed by atoms with Crippen molar-refractivity contribution in [3.63, 3.8) is 0 Å². The molecule has 0 unspecified atom stereocenters. The molecule has 0 spiro atoms. The zero-order valence-electron chi connectivity index (χ0n) is 11.9. The van der Waals surface area contributed by atoms with Crippen LogP contribution in [0.15, 0.2) is 30.5 Å². The molecular weight excluding hydrogens is 328 g/mol. The molecule has 0 N–H and O–H groups in total. The summed E-state index contributed by atoms with van der Waals surface area (Å²) in [4.78, 5) is 13.9. The molecule has 23 heavy (non-hydrogen) atoms. The molecule has 2 heterocycles. The number of morpholine rings is 1. The average molecular weight is 341 g/mol. The lowest BCUT2D eigenvalue weighted by Gasteiger charge is -2.32. The number of carbonyl (C=O) groups excluding carboxylic acids is 1. The van der Waals surface area contributed by atoms with Gasteiger partial charge in [-0.25, -0.2) is 0 Å². The Bertz CT molecular complexity index is 652. The maximum atomic E-state index is 12.3. The van der Waals surface area contributed by atoms with Gasteiger partial charge in [-0.05, 0) is 17.7 Å². The van der Waals surface area contributed by atoms with E-state index in [1.807, 2.05) is 0 Å². The number of rotatable bonds is 4. The standard InChI is InChI=1S/C14H13F2N3O3S/c15-14(16)22-10-3-1-9(2-4-10)12-8-19(5-6-21-12)13(20)11-7-17-23-18-11/h1-4,7,12,14H,5-6,8H2/t12-/m1/s1. The first-order valence-electron chi connectivity index (χ1n) is 6.86. The molecular formula is C14H13F2N3O3S. The molecule has 0 saturated carbocycles. The van der Waals surface area contributed by atoms with E-state index in [1.165, 1.54) is 18.3 Å². The monoisotopic (exact) mass is 341 g/mol. The molecule has 1 atom stereocenters. The minimum absolute atomic E-state index is 0.0843. The summed E-state index contributed by atoms with van der Waals surface area (Å²) in [6.07, 6.45) is 1.12. The predicted molar refractivity (Wildman–Crippen MR) is 77.6 cm³/mol. The van der Waals surface area contributed by atoms with E-state index in [9.17, 15) is 13.6 Å². The van der Waals surface area contributed by atoms with Gasteiger partial charge in [-0.3, -0.25) is 4.79 Å². The zero-order valence-corrected chi connectivity index (χ0v) is 12.7. The number of nitrogens with zero attached hydrogens (tertiary/aromatic N) is 3. The van der Waals surface area contributed by atoms with Crippen LogP contribution in [0.4, 0.5) is 8.78 Å². The average Bonchev–Trinajstić information content (AvgIpc) is 3.09. The third-order valence-electron chi connectivity index (χ3n) is 3.41. The number of alkyl halides is 2. The van der Waals surface area contributed by atoms with E-state index in [0.29, 0.717) is 25.4 Å². The van der Waals surface area contributed by atoms with E-state index in [0.717, 1.165) is 17.3 Å². The zero-order chi connectivity index (χ0) is 16.2. The van der Waals surface area contributed by atoms with Crippen LogP contribution in [-0.4, -0.2) is 45.9 Å². The van der Waals surface area contributed by atoms with Crippen LogP contribution in [0.5, 0.6) is 5.75 Å². The quantitative estimate of drug-likeness (QED) is 0.854. The van der Waals surface area contributed by atoms with Crippen LogP contribution in [0.25, 0.3) is 0 Å². The van der Waals surface area contributed by atoms with Gasteiger partial charge in [0.15, 0.2) is 5.69 Å². The molecule has 1 aliphatic heterocycles. The van der Waals surface area contributed by atoms with Crippen LogP contribution in [0.3, 0.4) is 0 Å². The van der Waals surface area contributed by atoms with Crippen LogP contribution in [0.2, 0.25) is 0 Å². The van der Waals surface area contributed by atoms with E-state index in [-0.39, 0.29) is 17.8 Å². The summed E-state index contributed by atoms with van der Waals surface area (Å²) < 4.78 is 42.0. The van der Waals surface area contributed by atoms with Gasteiger partial charge in [0, 0.05) is 6.54 Å². The predicted octanol–water partition coefficient (Wildman–Crippen LogP) is 2.35. The van der Waals surface area contributed by atoms with Gasteiger partial charge in [-0.15, -0.1) is 0 Å². The second kappa shape index (κ2) is 6.97. The lowest BCUT2D eigenvalue weighted by Crippen LogP contribution is -2.42. The Labute approximate surface area is 135 Å². The molecule has 1 amide bonds. The van der Waals surface area contributed by atoms with E-state index in [2.05, 4.69) is 13.5 Å². The van der Waals surface area contributed by atoms with Crippen LogP contribution in [0.1, 0.15) is 22.2 Å². The number of halogens is 2. The van der Waals surface area contributed by atoms with E-state index in [1.54, 1.807) is 17.0 Å². The minimum Gasteiger partial charge on any atom is -0.435 e. The van der Waals surface area contributed by atoms with Gasteiger partial charge in [-0.1, -0.05) is 12.1 Å². The fraction of sp³-hybridized carbons (Fsp3) is 0.357. The fourth-order valence-corrected chi connectivity index (χ4v) is 2.73. The number of aromatic nitrogens is 2. The van der Waals surface area contributed by atoms with Crippen molar-refractivity contribution >= 4 is 17.6 Å². The summed E-state index contributed by atoms with van der Waals surface area (Å²) in [7, 11) is 0. The first-order chi connectivity index (χ1) is 11.1. The second-order valence-corrected chi connectivity index (χ2v) is 5.41. The number of carbonyl (C=O) groups is 1. The van der Waals surface area contributed by atoms with Gasteiger partial charge in [0.25, 0.3) is 5.91 Å². The number of amides is 1. The molecule has 2 aromatic rings. The van der Waals surface area contributed by atoms with E-state index < -0.39 is 6.61 Å². The van der Waals surface area contributed by atoms with E-state index in [4.69, 9.17) is 4.74 Å². The fourth-order valence-electron chi connectivity index (χ4n) is 2.32. The largest absolute Gasteiger partial charge is 0.435 e. The van der Waals surface area contributed by atoms with Gasteiger partial charge in [0.2, 0.25) is 0 Å². The van der Waals surface area contributed by atoms with Gasteiger partial charge in [-0.2, -0.15) is 17.5 Å². The summed E-state index contributed by atoms with van der Waals surface area (Å²) in [6.45, 7) is -1.62. The summed E-state index contributed by atoms with van der Waals surface area (Å²) in [5.41, 5.74) is 1.11. The molecule has 9 heteroatoms. The Morgan fingerprint density at radius 1 is 1.39 bits per heavy atom. The minimum atomic E-state index is -2.85. The van der Waals surface area contributed by atoms with Crippen LogP contribution in [-0.2, 0) is 4.74 Å². The first kappa shape index (κ1) is 15.8. The van der Waals surface area contributed by atoms with Crippen molar-refractivity contribution in [3.8, 4) is 5.75 Å². The highest BCUT2D eigenvalue weighted by atomic mass is 32.1. The Morgan fingerprint density at radius 3 is 2.83 bits per heavy atom. The lowest BCUT2D eigenvalue weighted by molar-refractivity contribution is -0.0499. The molecule has 1 fully saturated rings. The van der Waals surface area contributed by atoms with Gasteiger partial charge in [0.1, 0.15) is 11.9 Å².